The molecule has 2 atom stereocenters. The van der Waals surface area contributed by atoms with Crippen molar-refractivity contribution in [2.45, 2.75) is 25.6 Å². The number of rotatable bonds is 9. The largest absolute Gasteiger partial charge is 0.479 e. The summed E-state index contributed by atoms with van der Waals surface area (Å²) in [5.41, 5.74) is 9.80. The van der Waals surface area contributed by atoms with E-state index in [0.29, 0.717) is 35.4 Å². The molecule has 1 aliphatic heterocycles. The number of nitrogens with one attached hydrogen (secondary N) is 3. The summed E-state index contributed by atoms with van der Waals surface area (Å²) in [4.78, 5) is 6.44. The van der Waals surface area contributed by atoms with E-state index in [4.69, 9.17) is 10.3 Å². The number of ether oxygens (including phenoxy) is 1. The Morgan fingerprint density at radius 2 is 2.12 bits per heavy atom. The van der Waals surface area contributed by atoms with Crippen molar-refractivity contribution in [2.24, 2.45) is 5.11 Å². The fraction of sp³-hybridized carbons (Fsp3) is 0.429. The number of likely N-dealkylation sites (N-methyl/N-ethyl adjacent to an activating group) is 1. The maximum absolute atomic E-state index is 14.4. The van der Waals surface area contributed by atoms with Gasteiger partial charge in [-0.1, -0.05) is 13.0 Å². The molecule has 0 spiro atoms. The quantitative estimate of drug-likeness (QED) is 0.412. The summed E-state index contributed by atoms with van der Waals surface area (Å²) in [6, 6.07) is 6.32. The first kappa shape index (κ1) is 22.8. The minimum atomic E-state index is -2.55. The third-order valence-corrected chi connectivity index (χ3v) is 5.63. The summed E-state index contributed by atoms with van der Waals surface area (Å²) in [5, 5.41) is 13.5. The standard InChI is InChI=1S/C21H25F3N8O/c1-3-31-10-14(22)17(11-31)27-21-28-20(33-2)19-13(6-7-32(19)30-21)12-4-5-15(29-25)16(8-12)26-9-18(23)24/h4-8,14,17-18,25-26H,3,9-11H2,1-2H3,(H,27,30)/t14-,17+/m0/s1. The molecule has 1 aromatic carbocycles. The summed E-state index contributed by atoms with van der Waals surface area (Å²) in [7, 11) is 1.48. The molecule has 1 saturated heterocycles. The predicted octanol–water partition coefficient (Wildman–Crippen LogP) is 4.20. The molecule has 0 unspecified atom stereocenters. The Labute approximate surface area is 188 Å². The van der Waals surface area contributed by atoms with Crippen molar-refractivity contribution in [1.82, 2.24) is 19.5 Å². The Morgan fingerprint density at radius 1 is 1.30 bits per heavy atom. The highest BCUT2D eigenvalue weighted by atomic mass is 19.3. The number of likely N-dealkylation sites (tertiary alicyclic amines) is 1. The van der Waals surface area contributed by atoms with Crippen LogP contribution in [0.2, 0.25) is 0 Å². The van der Waals surface area contributed by atoms with Gasteiger partial charge in [0.05, 0.1) is 25.4 Å². The van der Waals surface area contributed by atoms with Crippen molar-refractivity contribution in [3.05, 3.63) is 30.5 Å². The first-order valence-corrected chi connectivity index (χ1v) is 10.5. The van der Waals surface area contributed by atoms with Gasteiger partial charge in [-0.3, -0.25) is 4.90 Å². The van der Waals surface area contributed by atoms with E-state index in [1.807, 2.05) is 11.8 Å². The van der Waals surface area contributed by atoms with Crippen molar-refractivity contribution in [2.75, 3.05) is 43.9 Å². The number of hydrogen-bond acceptors (Lipinski definition) is 8. The summed E-state index contributed by atoms with van der Waals surface area (Å²) in [6.45, 7) is 3.12. The number of anilines is 2. The average molecular weight is 462 g/mol. The van der Waals surface area contributed by atoms with Gasteiger partial charge in [0.25, 0.3) is 6.43 Å². The van der Waals surface area contributed by atoms with E-state index in [0.717, 1.165) is 6.54 Å². The van der Waals surface area contributed by atoms with Gasteiger partial charge in [0, 0.05) is 24.8 Å². The van der Waals surface area contributed by atoms with Crippen LogP contribution >= 0.6 is 0 Å². The lowest BCUT2D eigenvalue weighted by atomic mass is 10.1. The molecule has 1 fully saturated rings. The van der Waals surface area contributed by atoms with Crippen LogP contribution < -0.4 is 15.4 Å². The number of alkyl halides is 3. The predicted molar refractivity (Wildman–Crippen MR) is 119 cm³/mol. The van der Waals surface area contributed by atoms with Crippen LogP contribution in [0.1, 0.15) is 6.92 Å². The van der Waals surface area contributed by atoms with Crippen LogP contribution in [0.4, 0.5) is 30.5 Å². The number of fused-ring (bicyclic) bond motifs is 1. The zero-order valence-electron chi connectivity index (χ0n) is 18.2. The monoisotopic (exact) mass is 462 g/mol. The molecular formula is C21H25F3N8O. The first-order chi connectivity index (χ1) is 15.9. The molecule has 0 amide bonds. The smallest absolute Gasteiger partial charge is 0.255 e. The maximum atomic E-state index is 14.4. The molecule has 0 bridgehead atoms. The van der Waals surface area contributed by atoms with E-state index in [-0.39, 0.29) is 17.5 Å². The molecule has 3 N–H and O–H groups in total. The van der Waals surface area contributed by atoms with Crippen molar-refractivity contribution in [3.63, 3.8) is 0 Å². The molecule has 0 radical (unpaired) electrons. The summed E-state index contributed by atoms with van der Waals surface area (Å²) >= 11 is 0. The van der Waals surface area contributed by atoms with E-state index in [1.54, 1.807) is 35.0 Å². The Morgan fingerprint density at radius 3 is 2.79 bits per heavy atom. The third kappa shape index (κ3) is 4.70. The van der Waals surface area contributed by atoms with Crippen LogP contribution in [0.15, 0.2) is 35.6 Å². The minimum absolute atomic E-state index is 0.245. The second kappa shape index (κ2) is 9.61. The topological polar surface area (TPSA) is 103 Å². The lowest BCUT2D eigenvalue weighted by Crippen LogP contribution is -2.31. The Kier molecular flexibility index (Phi) is 6.63. The van der Waals surface area contributed by atoms with E-state index < -0.39 is 25.2 Å². The van der Waals surface area contributed by atoms with Crippen LogP contribution in [0.5, 0.6) is 5.88 Å². The van der Waals surface area contributed by atoms with Gasteiger partial charge in [-0.05, 0) is 30.3 Å². The maximum Gasteiger partial charge on any atom is 0.255 e. The minimum Gasteiger partial charge on any atom is -0.479 e. The lowest BCUT2D eigenvalue weighted by Gasteiger charge is -2.16. The average Bonchev–Trinajstić information content (AvgIpc) is 3.40. The highest BCUT2D eigenvalue weighted by Crippen LogP contribution is 2.36. The summed E-state index contributed by atoms with van der Waals surface area (Å²) in [5.74, 6) is 0.527. The van der Waals surface area contributed by atoms with E-state index >= 15 is 0 Å². The number of methoxy groups -OCH3 is 1. The molecule has 2 aromatic heterocycles. The Balaban J connectivity index is 1.68. The zero-order valence-corrected chi connectivity index (χ0v) is 18.2. The number of aromatic nitrogens is 3. The van der Waals surface area contributed by atoms with Crippen molar-refractivity contribution < 1.29 is 17.9 Å². The fourth-order valence-electron chi connectivity index (χ4n) is 3.96. The van der Waals surface area contributed by atoms with Gasteiger partial charge in [0.15, 0.2) is 0 Å². The van der Waals surface area contributed by atoms with Gasteiger partial charge in [0.1, 0.15) is 17.4 Å². The third-order valence-electron chi connectivity index (χ3n) is 5.63. The van der Waals surface area contributed by atoms with E-state index in [2.05, 4.69) is 25.8 Å². The first-order valence-electron chi connectivity index (χ1n) is 10.5. The van der Waals surface area contributed by atoms with Crippen LogP contribution in [-0.2, 0) is 0 Å². The van der Waals surface area contributed by atoms with E-state index in [9.17, 15) is 13.2 Å². The van der Waals surface area contributed by atoms with Gasteiger partial charge in [-0.25, -0.2) is 23.2 Å². The van der Waals surface area contributed by atoms with Crippen LogP contribution in [0, 0.1) is 5.53 Å². The number of halogens is 3. The molecule has 33 heavy (non-hydrogen) atoms. The Bertz CT molecular complexity index is 1140. The van der Waals surface area contributed by atoms with Crippen LogP contribution in [0.3, 0.4) is 0 Å². The second-order valence-corrected chi connectivity index (χ2v) is 7.70. The van der Waals surface area contributed by atoms with Gasteiger partial charge in [0.2, 0.25) is 11.8 Å². The molecule has 3 aromatic rings. The highest BCUT2D eigenvalue weighted by Gasteiger charge is 2.32. The Hall–Kier alpha value is -3.41. The summed E-state index contributed by atoms with van der Waals surface area (Å²) in [6.07, 6.45) is -1.86. The number of benzene rings is 1. The van der Waals surface area contributed by atoms with Crippen molar-refractivity contribution in [1.29, 1.82) is 5.53 Å². The molecule has 0 saturated carbocycles. The fourth-order valence-corrected chi connectivity index (χ4v) is 3.96. The van der Waals surface area contributed by atoms with Crippen molar-refractivity contribution >= 4 is 22.8 Å². The number of nitrogens with zero attached hydrogens (tertiary/aromatic N) is 5. The van der Waals surface area contributed by atoms with Crippen molar-refractivity contribution in [3.8, 4) is 17.0 Å². The highest BCUT2D eigenvalue weighted by molar-refractivity contribution is 5.87. The second-order valence-electron chi connectivity index (χ2n) is 7.70. The molecule has 4 rings (SSSR count). The van der Waals surface area contributed by atoms with Gasteiger partial charge in [-0.15, -0.1) is 5.10 Å². The van der Waals surface area contributed by atoms with Gasteiger partial charge < -0.3 is 15.4 Å². The zero-order chi connectivity index (χ0) is 23.5. The molecule has 1 aliphatic rings. The van der Waals surface area contributed by atoms with Gasteiger partial charge in [-0.2, -0.15) is 10.1 Å². The van der Waals surface area contributed by atoms with Crippen LogP contribution in [-0.4, -0.2) is 71.4 Å². The molecule has 9 nitrogen and oxygen atoms in total. The molecule has 3 heterocycles. The van der Waals surface area contributed by atoms with E-state index in [1.165, 1.54) is 7.11 Å². The summed E-state index contributed by atoms with van der Waals surface area (Å²) < 4.78 is 46.8. The molecule has 12 heteroatoms. The molecule has 0 aliphatic carbocycles. The molecule has 176 valence electrons. The lowest BCUT2D eigenvalue weighted by molar-refractivity contribution is 0.163. The van der Waals surface area contributed by atoms with Gasteiger partial charge >= 0.3 is 0 Å². The molecular weight excluding hydrogens is 437 g/mol. The normalized spacial score (nSPS) is 18.7. The SMILES string of the molecule is CCN1C[C@H](F)[C@H](Nc2nc(OC)c3c(-c4ccc(N=N)c(NCC(F)F)c4)ccn3n2)C1. The van der Waals surface area contributed by atoms with Crippen LogP contribution in [0.25, 0.3) is 16.6 Å². The number of hydrogen-bond donors (Lipinski definition) is 3.